The molecular weight excluding hydrogens is 325 g/mol. The molecule has 0 unspecified atom stereocenters. The monoisotopic (exact) mass is 353 g/mol. The maximum absolute atomic E-state index is 13.5. The van der Waals surface area contributed by atoms with Crippen LogP contribution in [0.15, 0.2) is 24.3 Å². The number of hydrogen-bond acceptors (Lipinski definition) is 5. The van der Waals surface area contributed by atoms with E-state index in [9.17, 15) is 14.3 Å². The summed E-state index contributed by atoms with van der Waals surface area (Å²) in [6.45, 7) is 2.75. The Morgan fingerprint density at radius 1 is 1.36 bits per heavy atom. The normalized spacial score (nSPS) is 21.7. The summed E-state index contributed by atoms with van der Waals surface area (Å²) in [5.74, 6) is -0.625. The number of nitrogens with one attached hydrogen (secondary N) is 1. The van der Waals surface area contributed by atoms with Crippen LogP contribution in [0, 0.1) is 11.7 Å². The van der Waals surface area contributed by atoms with Crippen molar-refractivity contribution >= 4 is 5.97 Å². The van der Waals surface area contributed by atoms with Gasteiger partial charge in [0, 0.05) is 18.2 Å². The number of esters is 1. The molecule has 0 heterocycles. The molecule has 0 aromatic heterocycles. The van der Waals surface area contributed by atoms with E-state index in [1.54, 1.807) is 25.1 Å². The average Bonchev–Trinajstić information content (AvgIpc) is 2.62. The van der Waals surface area contributed by atoms with Crippen LogP contribution in [0.3, 0.4) is 0 Å². The number of halogens is 1. The molecule has 1 aromatic carbocycles. The topological polar surface area (TPSA) is 67.8 Å². The minimum absolute atomic E-state index is 0.0222. The lowest BCUT2D eigenvalue weighted by molar-refractivity contribution is -0.150. The van der Waals surface area contributed by atoms with E-state index in [4.69, 9.17) is 9.47 Å². The molecule has 2 rings (SSSR count). The average molecular weight is 353 g/mol. The molecule has 1 saturated carbocycles. The summed E-state index contributed by atoms with van der Waals surface area (Å²) in [6.07, 6.45) is 3.09. The predicted molar refractivity (Wildman–Crippen MR) is 92.4 cm³/mol. The SMILES string of the molecule is CCOC(=O)[C@H]1CCCC[C@H]1NC[C@H](O)COCc1ccccc1F. The van der Waals surface area contributed by atoms with Gasteiger partial charge in [-0.2, -0.15) is 0 Å². The zero-order valence-electron chi connectivity index (χ0n) is 14.7. The highest BCUT2D eigenvalue weighted by atomic mass is 19.1. The molecule has 3 atom stereocenters. The maximum atomic E-state index is 13.5. The van der Waals surface area contributed by atoms with Crippen LogP contribution in [0.5, 0.6) is 0 Å². The third-order valence-corrected chi connectivity index (χ3v) is 4.50. The molecule has 1 fully saturated rings. The van der Waals surface area contributed by atoms with Crippen molar-refractivity contribution in [3.63, 3.8) is 0 Å². The first-order valence-corrected chi connectivity index (χ1v) is 9.01. The molecule has 5 nitrogen and oxygen atoms in total. The van der Waals surface area contributed by atoms with E-state index in [0.29, 0.717) is 18.7 Å². The first kappa shape index (κ1) is 19.8. The summed E-state index contributed by atoms with van der Waals surface area (Å²) >= 11 is 0. The number of rotatable bonds is 9. The Bertz CT molecular complexity index is 540. The van der Waals surface area contributed by atoms with Crippen molar-refractivity contribution < 1.29 is 23.8 Å². The summed E-state index contributed by atoms with van der Waals surface area (Å²) in [5.41, 5.74) is 0.470. The van der Waals surface area contributed by atoms with Gasteiger partial charge in [0.1, 0.15) is 5.82 Å². The molecule has 0 spiro atoms. The summed E-state index contributed by atoms with van der Waals surface area (Å²) in [7, 11) is 0. The zero-order chi connectivity index (χ0) is 18.1. The number of benzene rings is 1. The third-order valence-electron chi connectivity index (χ3n) is 4.50. The van der Waals surface area contributed by atoms with Crippen LogP contribution in [0.25, 0.3) is 0 Å². The van der Waals surface area contributed by atoms with Crippen LogP contribution < -0.4 is 5.32 Å². The van der Waals surface area contributed by atoms with Gasteiger partial charge in [0.2, 0.25) is 0 Å². The molecule has 0 radical (unpaired) electrons. The fourth-order valence-corrected chi connectivity index (χ4v) is 3.17. The number of aliphatic hydroxyl groups is 1. The van der Waals surface area contributed by atoms with Crippen LogP contribution in [-0.2, 0) is 20.9 Å². The van der Waals surface area contributed by atoms with Gasteiger partial charge in [0.15, 0.2) is 0 Å². The summed E-state index contributed by atoms with van der Waals surface area (Å²) < 4.78 is 24.0. The molecule has 1 aliphatic carbocycles. The Kier molecular flexibility index (Phi) is 8.31. The van der Waals surface area contributed by atoms with E-state index in [0.717, 1.165) is 25.7 Å². The van der Waals surface area contributed by atoms with Gasteiger partial charge >= 0.3 is 5.97 Å². The molecule has 1 aromatic rings. The highest BCUT2D eigenvalue weighted by Gasteiger charge is 2.31. The van der Waals surface area contributed by atoms with Gasteiger partial charge in [-0.3, -0.25) is 4.79 Å². The summed E-state index contributed by atoms with van der Waals surface area (Å²) in [5, 5.41) is 13.3. The molecule has 6 heteroatoms. The lowest BCUT2D eigenvalue weighted by Crippen LogP contribution is -2.46. The van der Waals surface area contributed by atoms with E-state index < -0.39 is 6.10 Å². The number of hydrogen-bond donors (Lipinski definition) is 2. The minimum atomic E-state index is -0.712. The molecule has 0 saturated heterocycles. The fraction of sp³-hybridized carbons (Fsp3) is 0.632. The molecule has 140 valence electrons. The van der Waals surface area contributed by atoms with E-state index >= 15 is 0 Å². The summed E-state index contributed by atoms with van der Waals surface area (Å²) in [6, 6.07) is 6.44. The van der Waals surface area contributed by atoms with Gasteiger partial charge in [-0.05, 0) is 25.8 Å². The Labute approximate surface area is 148 Å². The van der Waals surface area contributed by atoms with Crippen molar-refractivity contribution in [2.45, 2.75) is 51.4 Å². The predicted octanol–water partition coefficient (Wildman–Crippen LogP) is 2.41. The first-order valence-electron chi connectivity index (χ1n) is 9.01. The first-order chi connectivity index (χ1) is 12.1. The number of ether oxygens (including phenoxy) is 2. The number of carbonyl (C=O) groups is 1. The molecule has 0 amide bonds. The standard InChI is InChI=1S/C19H28FNO4/c1-2-25-19(23)16-8-4-6-10-18(16)21-11-15(22)13-24-12-14-7-3-5-9-17(14)20/h3,5,7,9,15-16,18,21-22H,2,4,6,8,10-13H2,1H3/t15-,16-,18+/m0/s1. The molecule has 25 heavy (non-hydrogen) atoms. The Morgan fingerprint density at radius 3 is 2.88 bits per heavy atom. The van der Waals surface area contributed by atoms with Crippen molar-refractivity contribution in [1.82, 2.24) is 5.32 Å². The van der Waals surface area contributed by atoms with Crippen LogP contribution in [0.4, 0.5) is 4.39 Å². The lowest BCUT2D eigenvalue weighted by atomic mass is 9.84. The van der Waals surface area contributed by atoms with Crippen molar-refractivity contribution in [1.29, 1.82) is 0 Å². The number of aliphatic hydroxyl groups excluding tert-OH is 1. The molecular formula is C19H28FNO4. The molecule has 2 N–H and O–H groups in total. The molecule has 1 aliphatic rings. The zero-order valence-corrected chi connectivity index (χ0v) is 14.7. The second kappa shape index (κ2) is 10.5. The van der Waals surface area contributed by atoms with Gasteiger partial charge in [0.05, 0.1) is 31.8 Å². The van der Waals surface area contributed by atoms with Crippen molar-refractivity contribution in [3.8, 4) is 0 Å². The third kappa shape index (κ3) is 6.38. The van der Waals surface area contributed by atoms with Gasteiger partial charge < -0.3 is 19.9 Å². The highest BCUT2D eigenvalue weighted by Crippen LogP contribution is 2.25. The number of carbonyl (C=O) groups excluding carboxylic acids is 1. The highest BCUT2D eigenvalue weighted by molar-refractivity contribution is 5.73. The van der Waals surface area contributed by atoms with Crippen molar-refractivity contribution in [2.75, 3.05) is 19.8 Å². The van der Waals surface area contributed by atoms with Gasteiger partial charge in [-0.15, -0.1) is 0 Å². The Hall–Kier alpha value is -1.50. The minimum Gasteiger partial charge on any atom is -0.466 e. The van der Waals surface area contributed by atoms with Crippen LogP contribution in [0.1, 0.15) is 38.2 Å². The largest absolute Gasteiger partial charge is 0.466 e. The quantitative estimate of drug-likeness (QED) is 0.668. The van der Waals surface area contributed by atoms with Crippen molar-refractivity contribution in [2.24, 2.45) is 5.92 Å². The fourth-order valence-electron chi connectivity index (χ4n) is 3.17. The Balaban J connectivity index is 1.71. The van der Waals surface area contributed by atoms with Crippen LogP contribution in [-0.4, -0.2) is 43.0 Å². The molecule has 0 aliphatic heterocycles. The van der Waals surface area contributed by atoms with Gasteiger partial charge in [-0.25, -0.2) is 4.39 Å². The second-order valence-electron chi connectivity index (χ2n) is 6.42. The van der Waals surface area contributed by atoms with Gasteiger partial charge in [-0.1, -0.05) is 31.0 Å². The maximum Gasteiger partial charge on any atom is 0.310 e. The van der Waals surface area contributed by atoms with E-state index in [2.05, 4.69) is 5.32 Å². The van der Waals surface area contributed by atoms with E-state index in [1.807, 2.05) is 0 Å². The smallest absolute Gasteiger partial charge is 0.310 e. The van der Waals surface area contributed by atoms with E-state index in [-0.39, 0.29) is 37.0 Å². The van der Waals surface area contributed by atoms with Crippen LogP contribution in [0.2, 0.25) is 0 Å². The second-order valence-corrected chi connectivity index (χ2v) is 6.42. The van der Waals surface area contributed by atoms with Crippen molar-refractivity contribution in [3.05, 3.63) is 35.6 Å². The summed E-state index contributed by atoms with van der Waals surface area (Å²) in [4.78, 5) is 12.0. The lowest BCUT2D eigenvalue weighted by Gasteiger charge is -2.31. The van der Waals surface area contributed by atoms with Crippen LogP contribution >= 0.6 is 0 Å². The van der Waals surface area contributed by atoms with E-state index in [1.165, 1.54) is 6.07 Å². The molecule has 0 bridgehead atoms. The van der Waals surface area contributed by atoms with Gasteiger partial charge in [0.25, 0.3) is 0 Å². The Morgan fingerprint density at radius 2 is 2.12 bits per heavy atom.